The highest BCUT2D eigenvalue weighted by atomic mass is 35.5. The van der Waals surface area contributed by atoms with E-state index in [0.29, 0.717) is 10.7 Å². The molecule has 0 bridgehead atoms. The summed E-state index contributed by atoms with van der Waals surface area (Å²) >= 11 is 5.92. The third-order valence-electron chi connectivity index (χ3n) is 2.78. The molecule has 0 heterocycles. The summed E-state index contributed by atoms with van der Waals surface area (Å²) < 4.78 is 5.53. The fourth-order valence-corrected chi connectivity index (χ4v) is 1.96. The molecule has 4 heteroatoms. The van der Waals surface area contributed by atoms with Crippen molar-refractivity contribution in [3.63, 3.8) is 0 Å². The fraction of sp³-hybridized carbons (Fsp3) is 0.538. The maximum Gasteiger partial charge on any atom is 0.0591 e. The molecule has 0 atom stereocenters. The summed E-state index contributed by atoms with van der Waals surface area (Å²) in [4.78, 5) is 0. The average Bonchev–Trinajstić information content (AvgIpc) is 3.05. The molecule has 2 rings (SSSR count). The van der Waals surface area contributed by atoms with Gasteiger partial charge in [0.25, 0.3) is 0 Å². The van der Waals surface area contributed by atoms with Crippen LogP contribution in [-0.2, 0) is 11.3 Å². The van der Waals surface area contributed by atoms with Gasteiger partial charge in [0.05, 0.1) is 6.61 Å². The molecule has 0 unspecified atom stereocenters. The number of halogens is 1. The second kappa shape index (κ2) is 6.24. The highest BCUT2D eigenvalue weighted by Gasteiger charge is 2.20. The van der Waals surface area contributed by atoms with Crippen LogP contribution in [0.4, 0.5) is 5.69 Å². The Bertz CT molecular complexity index is 346. The molecule has 1 aromatic carbocycles. The minimum absolute atomic E-state index is 0.687. The van der Waals surface area contributed by atoms with Crippen molar-refractivity contribution in [2.24, 2.45) is 5.92 Å². The van der Waals surface area contributed by atoms with Crippen LogP contribution < -0.4 is 11.1 Å². The maximum absolute atomic E-state index is 5.92. The van der Waals surface area contributed by atoms with Gasteiger partial charge in [-0.25, -0.2) is 0 Å². The Balaban J connectivity index is 1.59. The van der Waals surface area contributed by atoms with Crippen molar-refractivity contribution in [2.75, 3.05) is 25.5 Å². The molecule has 0 aromatic heterocycles. The van der Waals surface area contributed by atoms with E-state index in [1.54, 1.807) is 6.07 Å². The summed E-state index contributed by atoms with van der Waals surface area (Å²) in [7, 11) is 0. The maximum atomic E-state index is 5.92. The number of hydrogen-bond donors (Lipinski definition) is 2. The van der Waals surface area contributed by atoms with Gasteiger partial charge in [0.1, 0.15) is 0 Å². The summed E-state index contributed by atoms with van der Waals surface area (Å²) in [5.41, 5.74) is 7.53. The lowest BCUT2D eigenvalue weighted by Crippen LogP contribution is -2.19. The van der Waals surface area contributed by atoms with Gasteiger partial charge in [-0.05, 0) is 42.5 Å². The van der Waals surface area contributed by atoms with Gasteiger partial charge >= 0.3 is 0 Å². The molecule has 0 amide bonds. The number of ether oxygens (including phenoxy) is 1. The van der Waals surface area contributed by atoms with E-state index >= 15 is 0 Å². The molecule has 1 aromatic rings. The second-order valence-corrected chi connectivity index (χ2v) is 5.02. The molecule has 94 valence electrons. The highest BCUT2D eigenvalue weighted by molar-refractivity contribution is 6.30. The van der Waals surface area contributed by atoms with Gasteiger partial charge in [0, 0.05) is 30.4 Å². The minimum atomic E-state index is 0.687. The normalized spacial score (nSPS) is 15.1. The molecule has 3 nitrogen and oxygen atoms in total. The molecular formula is C13H19ClN2O. The first-order valence-corrected chi connectivity index (χ1v) is 6.45. The van der Waals surface area contributed by atoms with E-state index in [1.807, 2.05) is 12.1 Å². The molecule has 0 spiro atoms. The second-order valence-electron chi connectivity index (χ2n) is 4.59. The number of anilines is 1. The number of nitrogens with two attached hydrogens (primary N) is 1. The number of nitrogen functional groups attached to an aromatic ring is 1. The Labute approximate surface area is 107 Å². The molecular weight excluding hydrogens is 236 g/mol. The van der Waals surface area contributed by atoms with Crippen LogP contribution in [-0.4, -0.2) is 19.8 Å². The SMILES string of the molecule is Nc1cc(Cl)cc(CNCCOCC2CC2)c1. The summed E-state index contributed by atoms with van der Waals surface area (Å²) in [6, 6.07) is 5.61. The molecule has 3 N–H and O–H groups in total. The first-order chi connectivity index (χ1) is 8.24. The van der Waals surface area contributed by atoms with E-state index in [9.17, 15) is 0 Å². The molecule has 1 saturated carbocycles. The zero-order valence-electron chi connectivity index (χ0n) is 9.92. The molecule has 1 fully saturated rings. The Hall–Kier alpha value is -0.770. The van der Waals surface area contributed by atoms with Gasteiger partial charge in [-0.15, -0.1) is 0 Å². The van der Waals surface area contributed by atoms with Crippen LogP contribution in [0.25, 0.3) is 0 Å². The van der Waals surface area contributed by atoms with E-state index < -0.39 is 0 Å². The topological polar surface area (TPSA) is 47.3 Å². The predicted molar refractivity (Wildman–Crippen MR) is 71.1 cm³/mol. The summed E-state index contributed by atoms with van der Waals surface area (Å²) in [5, 5.41) is 4.00. The van der Waals surface area contributed by atoms with Gasteiger partial charge in [0.2, 0.25) is 0 Å². The third-order valence-corrected chi connectivity index (χ3v) is 3.00. The van der Waals surface area contributed by atoms with Gasteiger partial charge in [0.15, 0.2) is 0 Å². The first kappa shape index (κ1) is 12.7. The minimum Gasteiger partial charge on any atom is -0.399 e. The van der Waals surface area contributed by atoms with Crippen LogP contribution in [0.5, 0.6) is 0 Å². The van der Waals surface area contributed by atoms with Gasteiger partial charge in [-0.1, -0.05) is 11.6 Å². The van der Waals surface area contributed by atoms with E-state index in [2.05, 4.69) is 5.32 Å². The van der Waals surface area contributed by atoms with E-state index in [-0.39, 0.29) is 0 Å². The van der Waals surface area contributed by atoms with Crippen molar-refractivity contribution < 1.29 is 4.74 Å². The Morgan fingerprint density at radius 2 is 2.18 bits per heavy atom. The molecule has 17 heavy (non-hydrogen) atoms. The fourth-order valence-electron chi connectivity index (χ4n) is 1.69. The van der Waals surface area contributed by atoms with Crippen LogP contribution in [0.3, 0.4) is 0 Å². The van der Waals surface area contributed by atoms with E-state index in [0.717, 1.165) is 37.8 Å². The lowest BCUT2D eigenvalue weighted by Gasteiger charge is -2.07. The molecule has 1 aliphatic carbocycles. The predicted octanol–water partition coefficient (Wildman–Crippen LogP) is 2.44. The zero-order valence-corrected chi connectivity index (χ0v) is 10.7. The van der Waals surface area contributed by atoms with Gasteiger partial charge < -0.3 is 15.8 Å². The van der Waals surface area contributed by atoms with E-state index in [1.165, 1.54) is 12.8 Å². The van der Waals surface area contributed by atoms with Crippen LogP contribution in [0.1, 0.15) is 18.4 Å². The monoisotopic (exact) mass is 254 g/mol. The van der Waals surface area contributed by atoms with E-state index in [4.69, 9.17) is 22.1 Å². The summed E-state index contributed by atoms with van der Waals surface area (Å²) in [6.45, 7) is 3.33. The zero-order chi connectivity index (χ0) is 12.1. The van der Waals surface area contributed by atoms with Crippen molar-refractivity contribution in [1.82, 2.24) is 5.32 Å². The Morgan fingerprint density at radius 1 is 1.35 bits per heavy atom. The average molecular weight is 255 g/mol. The highest BCUT2D eigenvalue weighted by Crippen LogP contribution is 2.28. The van der Waals surface area contributed by atoms with Gasteiger partial charge in [-0.3, -0.25) is 0 Å². The summed E-state index contributed by atoms with van der Waals surface area (Å²) in [5.74, 6) is 0.836. The number of rotatable bonds is 7. The summed E-state index contributed by atoms with van der Waals surface area (Å²) in [6.07, 6.45) is 2.68. The van der Waals surface area contributed by atoms with Gasteiger partial charge in [-0.2, -0.15) is 0 Å². The van der Waals surface area contributed by atoms with Crippen LogP contribution in [0, 0.1) is 5.92 Å². The number of hydrogen-bond acceptors (Lipinski definition) is 3. The molecule has 0 saturated heterocycles. The quantitative estimate of drug-likeness (QED) is 0.580. The lowest BCUT2D eigenvalue weighted by molar-refractivity contribution is 0.126. The van der Waals surface area contributed by atoms with Crippen molar-refractivity contribution in [3.05, 3.63) is 28.8 Å². The largest absolute Gasteiger partial charge is 0.399 e. The Morgan fingerprint density at radius 3 is 2.88 bits per heavy atom. The third kappa shape index (κ3) is 4.94. The molecule has 0 radical (unpaired) electrons. The van der Waals surface area contributed by atoms with Crippen LogP contribution >= 0.6 is 11.6 Å². The Kier molecular flexibility index (Phi) is 4.66. The smallest absolute Gasteiger partial charge is 0.0591 e. The van der Waals surface area contributed by atoms with Crippen LogP contribution in [0.2, 0.25) is 5.02 Å². The lowest BCUT2D eigenvalue weighted by atomic mass is 10.2. The van der Waals surface area contributed by atoms with Crippen molar-refractivity contribution in [1.29, 1.82) is 0 Å². The standard InChI is InChI=1S/C13H19ClN2O/c14-12-5-11(6-13(15)7-12)8-16-3-4-17-9-10-1-2-10/h5-7,10,16H,1-4,8-9,15H2. The molecule has 1 aliphatic rings. The van der Waals surface area contributed by atoms with Crippen molar-refractivity contribution in [3.8, 4) is 0 Å². The van der Waals surface area contributed by atoms with Crippen LogP contribution in [0.15, 0.2) is 18.2 Å². The molecule has 0 aliphatic heterocycles. The first-order valence-electron chi connectivity index (χ1n) is 6.07. The van der Waals surface area contributed by atoms with Crippen molar-refractivity contribution >= 4 is 17.3 Å². The van der Waals surface area contributed by atoms with Crippen molar-refractivity contribution in [2.45, 2.75) is 19.4 Å². The number of nitrogens with one attached hydrogen (secondary N) is 1. The number of benzene rings is 1.